The van der Waals surface area contributed by atoms with Gasteiger partial charge in [0.15, 0.2) is 0 Å². The summed E-state index contributed by atoms with van der Waals surface area (Å²) in [5, 5.41) is 0.573. The SMILES string of the molecule is Cc1nc(Cl)nc(Cl)c1CCCl. The van der Waals surface area contributed by atoms with Crippen LogP contribution in [0.2, 0.25) is 10.4 Å². The molecule has 0 aliphatic heterocycles. The Hall–Kier alpha value is -0.0500. The van der Waals surface area contributed by atoms with Crippen LogP contribution in [-0.4, -0.2) is 15.8 Å². The van der Waals surface area contributed by atoms with Crippen LogP contribution in [-0.2, 0) is 6.42 Å². The lowest BCUT2D eigenvalue weighted by Gasteiger charge is -2.04. The second-order valence-corrected chi connectivity index (χ2v) is 3.36. The lowest BCUT2D eigenvalue weighted by Crippen LogP contribution is -1.98. The van der Waals surface area contributed by atoms with Crippen molar-refractivity contribution in [2.24, 2.45) is 0 Å². The minimum absolute atomic E-state index is 0.177. The lowest BCUT2D eigenvalue weighted by atomic mass is 10.2. The maximum absolute atomic E-state index is 5.82. The van der Waals surface area contributed by atoms with E-state index in [4.69, 9.17) is 34.8 Å². The summed E-state index contributed by atoms with van der Waals surface area (Å²) < 4.78 is 0. The predicted octanol–water partition coefficient (Wildman–Crippen LogP) is 2.87. The molecule has 0 aliphatic rings. The van der Waals surface area contributed by atoms with Gasteiger partial charge in [-0.05, 0) is 24.9 Å². The van der Waals surface area contributed by atoms with E-state index in [0.29, 0.717) is 17.5 Å². The molecule has 0 aliphatic carbocycles. The van der Waals surface area contributed by atoms with Crippen molar-refractivity contribution in [2.75, 3.05) is 5.88 Å². The van der Waals surface area contributed by atoms with Gasteiger partial charge >= 0.3 is 0 Å². The number of aromatic nitrogens is 2. The van der Waals surface area contributed by atoms with Crippen LogP contribution in [0.1, 0.15) is 11.3 Å². The highest BCUT2D eigenvalue weighted by molar-refractivity contribution is 6.32. The van der Waals surface area contributed by atoms with Gasteiger partial charge in [0, 0.05) is 17.1 Å². The molecule has 0 atom stereocenters. The van der Waals surface area contributed by atoms with Gasteiger partial charge in [-0.25, -0.2) is 9.97 Å². The molecule has 66 valence electrons. The molecule has 0 aromatic carbocycles. The van der Waals surface area contributed by atoms with Gasteiger partial charge in [-0.3, -0.25) is 0 Å². The van der Waals surface area contributed by atoms with Crippen molar-refractivity contribution in [2.45, 2.75) is 13.3 Å². The molecular formula is C7H7Cl3N2. The van der Waals surface area contributed by atoms with Crippen LogP contribution in [0.5, 0.6) is 0 Å². The topological polar surface area (TPSA) is 25.8 Å². The minimum Gasteiger partial charge on any atom is -0.223 e. The van der Waals surface area contributed by atoms with Gasteiger partial charge in [-0.1, -0.05) is 11.6 Å². The van der Waals surface area contributed by atoms with Gasteiger partial charge in [0.05, 0.1) is 0 Å². The highest BCUT2D eigenvalue weighted by Crippen LogP contribution is 2.18. The molecule has 1 aromatic heterocycles. The third-order valence-electron chi connectivity index (χ3n) is 1.48. The summed E-state index contributed by atoms with van der Waals surface area (Å²) in [7, 11) is 0. The van der Waals surface area contributed by atoms with Crippen LogP contribution < -0.4 is 0 Å². The van der Waals surface area contributed by atoms with Crippen molar-refractivity contribution in [3.05, 3.63) is 21.7 Å². The van der Waals surface area contributed by atoms with Crippen molar-refractivity contribution < 1.29 is 0 Å². The van der Waals surface area contributed by atoms with E-state index in [9.17, 15) is 0 Å². The first-order chi connectivity index (χ1) is 5.65. The average molecular weight is 226 g/mol. The first kappa shape index (κ1) is 10.0. The fourth-order valence-corrected chi connectivity index (χ4v) is 1.66. The van der Waals surface area contributed by atoms with Gasteiger partial charge in [0.25, 0.3) is 0 Å². The smallest absolute Gasteiger partial charge is 0.223 e. The normalized spacial score (nSPS) is 10.3. The Bertz CT molecular complexity index is 265. The van der Waals surface area contributed by atoms with Gasteiger partial charge in [-0.2, -0.15) is 0 Å². The lowest BCUT2D eigenvalue weighted by molar-refractivity contribution is 0.999. The quantitative estimate of drug-likeness (QED) is 0.439. The summed E-state index contributed by atoms with van der Waals surface area (Å²) in [5.74, 6) is 0.506. The summed E-state index contributed by atoms with van der Waals surface area (Å²) in [5.41, 5.74) is 1.66. The summed E-state index contributed by atoms with van der Waals surface area (Å²) >= 11 is 17.0. The van der Waals surface area contributed by atoms with Crippen molar-refractivity contribution in [3.63, 3.8) is 0 Å². The first-order valence-electron chi connectivity index (χ1n) is 3.39. The van der Waals surface area contributed by atoms with E-state index in [1.807, 2.05) is 6.92 Å². The molecule has 0 saturated carbocycles. The van der Waals surface area contributed by atoms with Crippen LogP contribution in [0.4, 0.5) is 0 Å². The molecule has 0 radical (unpaired) electrons. The zero-order chi connectivity index (χ0) is 9.14. The summed E-state index contributed by atoms with van der Waals surface area (Å²) in [4.78, 5) is 7.78. The van der Waals surface area contributed by atoms with Crippen LogP contribution in [0, 0.1) is 6.92 Å². The third-order valence-corrected chi connectivity index (χ3v) is 2.15. The van der Waals surface area contributed by atoms with Gasteiger partial charge < -0.3 is 0 Å². The summed E-state index contributed by atoms with van der Waals surface area (Å²) in [6.07, 6.45) is 0.670. The Morgan fingerprint density at radius 1 is 1.25 bits per heavy atom. The second kappa shape index (κ2) is 4.26. The van der Waals surface area contributed by atoms with Crippen molar-refractivity contribution >= 4 is 34.8 Å². The van der Waals surface area contributed by atoms with E-state index in [0.717, 1.165) is 11.3 Å². The highest BCUT2D eigenvalue weighted by Gasteiger charge is 2.07. The predicted molar refractivity (Wildman–Crippen MR) is 51.2 cm³/mol. The number of rotatable bonds is 2. The molecule has 0 saturated heterocycles. The van der Waals surface area contributed by atoms with Gasteiger partial charge in [-0.15, -0.1) is 11.6 Å². The molecule has 1 aromatic rings. The minimum atomic E-state index is 0.177. The summed E-state index contributed by atoms with van der Waals surface area (Å²) in [6, 6.07) is 0. The highest BCUT2D eigenvalue weighted by atomic mass is 35.5. The molecule has 5 heteroatoms. The first-order valence-corrected chi connectivity index (χ1v) is 4.68. The number of nitrogens with zero attached hydrogens (tertiary/aromatic N) is 2. The Morgan fingerprint density at radius 3 is 2.42 bits per heavy atom. The van der Waals surface area contributed by atoms with Crippen LogP contribution in [0.15, 0.2) is 0 Å². The van der Waals surface area contributed by atoms with Crippen molar-refractivity contribution in [1.29, 1.82) is 0 Å². The Balaban J connectivity index is 3.10. The van der Waals surface area contributed by atoms with Gasteiger partial charge in [0.1, 0.15) is 5.15 Å². The van der Waals surface area contributed by atoms with Crippen molar-refractivity contribution in [1.82, 2.24) is 9.97 Å². The summed E-state index contributed by atoms with van der Waals surface area (Å²) in [6.45, 7) is 1.83. The molecule has 0 bridgehead atoms. The molecule has 0 unspecified atom stereocenters. The van der Waals surface area contributed by atoms with E-state index in [-0.39, 0.29) is 5.28 Å². The Labute approximate surface area is 85.9 Å². The molecule has 1 rings (SSSR count). The molecule has 0 amide bonds. The van der Waals surface area contributed by atoms with Crippen LogP contribution >= 0.6 is 34.8 Å². The number of hydrogen-bond acceptors (Lipinski definition) is 2. The molecule has 0 spiro atoms. The van der Waals surface area contributed by atoms with E-state index < -0.39 is 0 Å². The molecular weight excluding hydrogens is 218 g/mol. The van der Waals surface area contributed by atoms with Crippen molar-refractivity contribution in [3.8, 4) is 0 Å². The molecule has 0 fully saturated rings. The van der Waals surface area contributed by atoms with E-state index in [1.54, 1.807) is 0 Å². The Kier molecular flexibility index (Phi) is 3.56. The number of halogens is 3. The fraction of sp³-hybridized carbons (Fsp3) is 0.429. The number of alkyl halides is 1. The monoisotopic (exact) mass is 224 g/mol. The molecule has 12 heavy (non-hydrogen) atoms. The van der Waals surface area contributed by atoms with Crippen LogP contribution in [0.25, 0.3) is 0 Å². The fourth-order valence-electron chi connectivity index (χ4n) is 0.907. The van der Waals surface area contributed by atoms with Gasteiger partial charge in [0.2, 0.25) is 5.28 Å². The molecule has 2 nitrogen and oxygen atoms in total. The van der Waals surface area contributed by atoms with E-state index >= 15 is 0 Å². The number of aryl methyl sites for hydroxylation is 1. The maximum Gasteiger partial charge on any atom is 0.224 e. The average Bonchev–Trinajstić information content (AvgIpc) is 1.96. The largest absolute Gasteiger partial charge is 0.224 e. The molecule has 1 heterocycles. The zero-order valence-electron chi connectivity index (χ0n) is 6.44. The third kappa shape index (κ3) is 2.22. The standard InChI is InChI=1S/C7H7Cl3N2/c1-4-5(2-3-8)6(9)12-7(10)11-4/h2-3H2,1H3. The second-order valence-electron chi connectivity index (χ2n) is 2.29. The maximum atomic E-state index is 5.82. The van der Waals surface area contributed by atoms with Crippen LogP contribution in [0.3, 0.4) is 0 Å². The number of hydrogen-bond donors (Lipinski definition) is 0. The Morgan fingerprint density at radius 2 is 1.92 bits per heavy atom. The van der Waals surface area contributed by atoms with E-state index in [1.165, 1.54) is 0 Å². The molecule has 0 N–H and O–H groups in total. The van der Waals surface area contributed by atoms with E-state index in [2.05, 4.69) is 9.97 Å². The zero-order valence-corrected chi connectivity index (χ0v) is 8.71.